The molecule has 2 aromatic rings. The Kier molecular flexibility index (Phi) is 2.69. The zero-order valence-electron chi connectivity index (χ0n) is 9.82. The maximum absolute atomic E-state index is 11.9. The molecule has 0 saturated carbocycles. The lowest BCUT2D eigenvalue weighted by molar-refractivity contribution is 0.517. The second kappa shape index (κ2) is 4.00. The summed E-state index contributed by atoms with van der Waals surface area (Å²) in [6.07, 6.45) is 0. The Morgan fingerprint density at radius 1 is 1.19 bits per heavy atom. The van der Waals surface area contributed by atoms with Crippen molar-refractivity contribution in [1.29, 1.82) is 0 Å². The molecule has 0 atom stereocenters. The molecule has 1 aromatic heterocycles. The highest BCUT2D eigenvalue weighted by Gasteiger charge is 2.12. The van der Waals surface area contributed by atoms with Gasteiger partial charge in [-0.15, -0.1) is 0 Å². The lowest BCUT2D eigenvalue weighted by Gasteiger charge is -2.04. The SMILES string of the molecule is Cc1c(-c2ccccc2)[nH]n(C(C)C)c1=O. The molecule has 0 spiro atoms. The highest BCUT2D eigenvalue weighted by atomic mass is 16.1. The minimum absolute atomic E-state index is 0.0638. The summed E-state index contributed by atoms with van der Waals surface area (Å²) in [7, 11) is 0. The lowest BCUT2D eigenvalue weighted by Crippen LogP contribution is -2.19. The maximum atomic E-state index is 11.9. The van der Waals surface area contributed by atoms with Crippen molar-refractivity contribution >= 4 is 0 Å². The van der Waals surface area contributed by atoms with Crippen molar-refractivity contribution < 1.29 is 0 Å². The topological polar surface area (TPSA) is 37.8 Å². The van der Waals surface area contributed by atoms with E-state index in [4.69, 9.17) is 0 Å². The van der Waals surface area contributed by atoms with Gasteiger partial charge >= 0.3 is 0 Å². The highest BCUT2D eigenvalue weighted by molar-refractivity contribution is 5.62. The van der Waals surface area contributed by atoms with Crippen molar-refractivity contribution in [2.24, 2.45) is 0 Å². The van der Waals surface area contributed by atoms with E-state index in [1.807, 2.05) is 51.1 Å². The number of nitrogens with one attached hydrogen (secondary N) is 1. The fourth-order valence-electron chi connectivity index (χ4n) is 1.79. The first-order valence-electron chi connectivity index (χ1n) is 5.47. The maximum Gasteiger partial charge on any atom is 0.270 e. The Balaban J connectivity index is 2.60. The van der Waals surface area contributed by atoms with E-state index in [0.29, 0.717) is 0 Å². The average molecular weight is 216 g/mol. The summed E-state index contributed by atoms with van der Waals surface area (Å²) in [6, 6.07) is 10.1. The largest absolute Gasteiger partial charge is 0.294 e. The second-order valence-corrected chi connectivity index (χ2v) is 4.25. The molecule has 0 aliphatic heterocycles. The number of H-pyrrole nitrogens is 1. The van der Waals surface area contributed by atoms with Gasteiger partial charge in [0.15, 0.2) is 0 Å². The molecule has 0 fully saturated rings. The summed E-state index contributed by atoms with van der Waals surface area (Å²) in [5.74, 6) is 0. The van der Waals surface area contributed by atoms with Gasteiger partial charge in [0.05, 0.1) is 5.69 Å². The summed E-state index contributed by atoms with van der Waals surface area (Å²) in [4.78, 5) is 11.9. The molecule has 2 rings (SSSR count). The zero-order chi connectivity index (χ0) is 11.7. The summed E-state index contributed by atoms with van der Waals surface area (Å²) in [6.45, 7) is 5.85. The molecular formula is C13H16N2O. The first-order chi connectivity index (χ1) is 7.61. The van der Waals surface area contributed by atoms with Crippen molar-refractivity contribution in [2.45, 2.75) is 26.8 Å². The third-order valence-corrected chi connectivity index (χ3v) is 2.73. The molecule has 0 unspecified atom stereocenters. The molecule has 0 radical (unpaired) electrons. The van der Waals surface area contributed by atoms with Gasteiger partial charge in [0.1, 0.15) is 0 Å². The average Bonchev–Trinajstić information content (AvgIpc) is 2.58. The van der Waals surface area contributed by atoms with E-state index in [-0.39, 0.29) is 11.6 Å². The third-order valence-electron chi connectivity index (χ3n) is 2.73. The fourth-order valence-corrected chi connectivity index (χ4v) is 1.79. The second-order valence-electron chi connectivity index (χ2n) is 4.25. The van der Waals surface area contributed by atoms with E-state index in [0.717, 1.165) is 16.8 Å². The predicted molar refractivity (Wildman–Crippen MR) is 65.6 cm³/mol. The van der Waals surface area contributed by atoms with E-state index in [9.17, 15) is 4.79 Å². The number of aromatic amines is 1. The van der Waals surface area contributed by atoms with Crippen LogP contribution in [0.1, 0.15) is 25.5 Å². The van der Waals surface area contributed by atoms with Gasteiger partial charge in [0.25, 0.3) is 5.56 Å². The fraction of sp³-hybridized carbons (Fsp3) is 0.308. The van der Waals surface area contributed by atoms with Crippen molar-refractivity contribution in [1.82, 2.24) is 9.78 Å². The van der Waals surface area contributed by atoms with Crippen LogP contribution in [0, 0.1) is 6.92 Å². The Labute approximate surface area is 94.7 Å². The summed E-state index contributed by atoms with van der Waals surface area (Å²) in [5, 5.41) is 3.17. The van der Waals surface area contributed by atoms with Crippen LogP contribution in [0.5, 0.6) is 0 Å². The molecule has 1 heterocycles. The van der Waals surface area contributed by atoms with Crippen LogP contribution in [0.25, 0.3) is 11.3 Å². The molecule has 84 valence electrons. The normalized spacial score (nSPS) is 11.0. The number of nitrogens with zero attached hydrogens (tertiary/aromatic N) is 1. The summed E-state index contributed by atoms with van der Waals surface area (Å²) < 4.78 is 1.66. The van der Waals surface area contributed by atoms with Gasteiger partial charge < -0.3 is 0 Å². The van der Waals surface area contributed by atoms with Crippen molar-refractivity contribution in [3.8, 4) is 11.3 Å². The van der Waals surface area contributed by atoms with Gasteiger partial charge in [-0.05, 0) is 26.3 Å². The van der Waals surface area contributed by atoms with Gasteiger partial charge in [0.2, 0.25) is 0 Å². The van der Waals surface area contributed by atoms with Crippen molar-refractivity contribution in [3.05, 3.63) is 46.2 Å². The number of rotatable bonds is 2. The van der Waals surface area contributed by atoms with E-state index in [1.54, 1.807) is 4.68 Å². The highest BCUT2D eigenvalue weighted by Crippen LogP contribution is 2.19. The van der Waals surface area contributed by atoms with E-state index >= 15 is 0 Å². The van der Waals surface area contributed by atoms with Crippen LogP contribution < -0.4 is 5.56 Å². The van der Waals surface area contributed by atoms with Gasteiger partial charge in [-0.1, -0.05) is 30.3 Å². The number of aromatic nitrogens is 2. The Hall–Kier alpha value is -1.77. The molecule has 0 amide bonds. The van der Waals surface area contributed by atoms with E-state index in [2.05, 4.69) is 5.10 Å². The van der Waals surface area contributed by atoms with Gasteiger partial charge in [0, 0.05) is 11.6 Å². The standard InChI is InChI=1S/C13H16N2O/c1-9(2)15-13(16)10(3)12(14-15)11-7-5-4-6-8-11/h4-9,14H,1-3H3. The molecule has 3 nitrogen and oxygen atoms in total. The third kappa shape index (κ3) is 1.69. The number of benzene rings is 1. The molecule has 0 saturated heterocycles. The van der Waals surface area contributed by atoms with Crippen molar-refractivity contribution in [3.63, 3.8) is 0 Å². The van der Waals surface area contributed by atoms with Crippen LogP contribution in [0.4, 0.5) is 0 Å². The Morgan fingerprint density at radius 2 is 1.81 bits per heavy atom. The molecule has 1 aromatic carbocycles. The van der Waals surface area contributed by atoms with Gasteiger partial charge in [-0.2, -0.15) is 0 Å². The monoisotopic (exact) mass is 216 g/mol. The van der Waals surface area contributed by atoms with Crippen LogP contribution in [-0.4, -0.2) is 9.78 Å². The molecule has 16 heavy (non-hydrogen) atoms. The van der Waals surface area contributed by atoms with Crippen LogP contribution in [-0.2, 0) is 0 Å². The smallest absolute Gasteiger partial charge is 0.270 e. The molecule has 0 aliphatic rings. The van der Waals surface area contributed by atoms with Gasteiger partial charge in [-0.25, -0.2) is 4.68 Å². The lowest BCUT2D eigenvalue weighted by atomic mass is 10.1. The van der Waals surface area contributed by atoms with Crippen LogP contribution in [0.2, 0.25) is 0 Å². The first kappa shape index (κ1) is 10.7. The molecule has 3 heteroatoms. The van der Waals surface area contributed by atoms with Crippen LogP contribution >= 0.6 is 0 Å². The molecule has 0 bridgehead atoms. The molecule has 1 N–H and O–H groups in total. The Bertz CT molecular complexity index is 535. The van der Waals surface area contributed by atoms with Crippen LogP contribution in [0.15, 0.2) is 35.1 Å². The van der Waals surface area contributed by atoms with E-state index < -0.39 is 0 Å². The quantitative estimate of drug-likeness (QED) is 0.823. The van der Waals surface area contributed by atoms with Crippen LogP contribution in [0.3, 0.4) is 0 Å². The minimum atomic E-state index is 0.0638. The predicted octanol–water partition coefficient (Wildman–Crippen LogP) is 2.73. The minimum Gasteiger partial charge on any atom is -0.294 e. The van der Waals surface area contributed by atoms with E-state index in [1.165, 1.54) is 0 Å². The molecule has 0 aliphatic carbocycles. The van der Waals surface area contributed by atoms with Gasteiger partial charge in [-0.3, -0.25) is 9.89 Å². The molecular weight excluding hydrogens is 200 g/mol. The Morgan fingerprint density at radius 3 is 2.31 bits per heavy atom. The number of hydrogen-bond donors (Lipinski definition) is 1. The van der Waals surface area contributed by atoms with Crippen molar-refractivity contribution in [2.75, 3.05) is 0 Å². The summed E-state index contributed by atoms with van der Waals surface area (Å²) in [5.41, 5.74) is 2.81. The number of hydrogen-bond acceptors (Lipinski definition) is 1. The first-order valence-corrected chi connectivity index (χ1v) is 5.47. The summed E-state index contributed by atoms with van der Waals surface area (Å²) >= 11 is 0. The zero-order valence-corrected chi connectivity index (χ0v) is 9.82.